The molecule has 18 heavy (non-hydrogen) atoms. The number of rotatable bonds is 2. The number of allylic oxidation sites excluding steroid dienone is 1. The van der Waals surface area contributed by atoms with Crippen molar-refractivity contribution in [2.45, 2.75) is 38.5 Å². The summed E-state index contributed by atoms with van der Waals surface area (Å²) in [7, 11) is 2.01. The summed E-state index contributed by atoms with van der Waals surface area (Å²) in [6.45, 7) is 0. The summed E-state index contributed by atoms with van der Waals surface area (Å²) in [5.74, 6) is 0.331. The van der Waals surface area contributed by atoms with Gasteiger partial charge in [0.25, 0.3) is 0 Å². The fraction of sp³-hybridized carbons (Fsp3) is 0.438. The van der Waals surface area contributed by atoms with Gasteiger partial charge in [-0.25, -0.2) is 0 Å². The van der Waals surface area contributed by atoms with Crippen LogP contribution in [0.25, 0.3) is 0 Å². The number of nitrogens with zero attached hydrogens (tertiary/aromatic N) is 1. The molecule has 1 aliphatic rings. The van der Waals surface area contributed by atoms with E-state index in [4.69, 9.17) is 0 Å². The average Bonchev–Trinajstić information content (AvgIpc) is 2.39. The molecule has 0 aromatic heterocycles. The summed E-state index contributed by atoms with van der Waals surface area (Å²) in [6, 6.07) is 10.2. The van der Waals surface area contributed by atoms with Gasteiger partial charge in [0.2, 0.25) is 0 Å². The van der Waals surface area contributed by atoms with Crippen molar-refractivity contribution in [2.75, 3.05) is 11.9 Å². The highest BCUT2D eigenvalue weighted by molar-refractivity contribution is 5.95. The number of benzene rings is 1. The van der Waals surface area contributed by atoms with E-state index in [1.165, 1.54) is 12.8 Å². The molecule has 2 nitrogen and oxygen atoms in total. The zero-order valence-corrected chi connectivity index (χ0v) is 11.1. The van der Waals surface area contributed by atoms with Gasteiger partial charge in [-0.05, 0) is 31.4 Å². The number of hydrogen-bond donors (Lipinski definition) is 0. The van der Waals surface area contributed by atoms with Gasteiger partial charge < -0.3 is 4.90 Å². The molecule has 1 aliphatic carbocycles. The molecule has 0 unspecified atom stereocenters. The van der Waals surface area contributed by atoms with Gasteiger partial charge in [0, 0.05) is 30.9 Å². The Bertz CT molecular complexity index is 422. The first kappa shape index (κ1) is 12.9. The molecule has 0 atom stereocenters. The zero-order valence-electron chi connectivity index (χ0n) is 11.1. The molecular weight excluding hydrogens is 222 g/mol. The molecule has 1 saturated carbocycles. The number of para-hydroxylation sites is 1. The summed E-state index contributed by atoms with van der Waals surface area (Å²) < 4.78 is 0. The molecule has 0 aliphatic heterocycles. The van der Waals surface area contributed by atoms with Crippen LogP contribution < -0.4 is 4.90 Å². The topological polar surface area (TPSA) is 20.3 Å². The Hall–Kier alpha value is -1.57. The van der Waals surface area contributed by atoms with Crippen LogP contribution in [0.1, 0.15) is 38.5 Å². The molecule has 0 amide bonds. The Morgan fingerprint density at radius 3 is 2.39 bits per heavy atom. The quantitative estimate of drug-likeness (QED) is 0.733. The molecule has 96 valence electrons. The van der Waals surface area contributed by atoms with Gasteiger partial charge in [-0.2, -0.15) is 0 Å². The number of Topliss-reactive ketones (excluding diaryl/α,β-unsaturated/α-hetero) is 1. The van der Waals surface area contributed by atoms with E-state index < -0.39 is 0 Å². The van der Waals surface area contributed by atoms with E-state index in [2.05, 4.69) is 17.0 Å². The number of hydrogen-bond acceptors (Lipinski definition) is 2. The molecule has 2 rings (SSSR count). The maximum Gasteiger partial charge on any atom is 0.160 e. The Kier molecular flexibility index (Phi) is 4.57. The predicted molar refractivity (Wildman–Crippen MR) is 75.6 cm³/mol. The normalized spacial score (nSPS) is 19.4. The second kappa shape index (κ2) is 6.39. The van der Waals surface area contributed by atoms with Crippen molar-refractivity contribution in [2.24, 2.45) is 0 Å². The Labute approximate surface area is 109 Å². The first-order chi connectivity index (χ1) is 8.77. The van der Waals surface area contributed by atoms with Gasteiger partial charge in [-0.3, -0.25) is 4.79 Å². The van der Waals surface area contributed by atoms with E-state index in [9.17, 15) is 4.79 Å². The third-order valence-corrected chi connectivity index (χ3v) is 3.47. The Balaban J connectivity index is 2.12. The van der Waals surface area contributed by atoms with Gasteiger partial charge in [-0.15, -0.1) is 0 Å². The van der Waals surface area contributed by atoms with Crippen LogP contribution >= 0.6 is 0 Å². The molecule has 0 spiro atoms. The monoisotopic (exact) mass is 243 g/mol. The van der Waals surface area contributed by atoms with Gasteiger partial charge >= 0.3 is 0 Å². The van der Waals surface area contributed by atoms with Crippen molar-refractivity contribution in [1.82, 2.24) is 0 Å². The highest BCUT2D eigenvalue weighted by Crippen LogP contribution is 2.21. The van der Waals surface area contributed by atoms with Crippen molar-refractivity contribution in [1.29, 1.82) is 0 Å². The van der Waals surface area contributed by atoms with Crippen LogP contribution in [0.4, 0.5) is 5.69 Å². The largest absolute Gasteiger partial charge is 0.351 e. The summed E-state index contributed by atoms with van der Waals surface area (Å²) >= 11 is 0. The third kappa shape index (κ3) is 3.46. The van der Waals surface area contributed by atoms with Crippen LogP contribution in [-0.2, 0) is 4.79 Å². The standard InChI is InChI=1S/C16H21NO/c1-17(15-10-6-4-7-11-15)13-14-9-5-2-3-8-12-16(14)18/h4,6-7,10-11,13H,2-3,5,8-9,12H2,1H3/b14-13-. The molecule has 0 bridgehead atoms. The summed E-state index contributed by atoms with van der Waals surface area (Å²) in [4.78, 5) is 14.1. The van der Waals surface area contributed by atoms with Crippen molar-refractivity contribution in [3.8, 4) is 0 Å². The zero-order chi connectivity index (χ0) is 12.8. The van der Waals surface area contributed by atoms with Crippen LogP contribution in [0.15, 0.2) is 42.1 Å². The number of anilines is 1. The SMILES string of the molecule is CN(/C=C1/CCCCCCC1=O)c1ccccc1. The van der Waals surface area contributed by atoms with E-state index in [-0.39, 0.29) is 0 Å². The minimum Gasteiger partial charge on any atom is -0.351 e. The molecule has 1 fully saturated rings. The van der Waals surface area contributed by atoms with Gasteiger partial charge in [0.05, 0.1) is 0 Å². The average molecular weight is 243 g/mol. The van der Waals surface area contributed by atoms with E-state index in [0.717, 1.165) is 30.5 Å². The smallest absolute Gasteiger partial charge is 0.160 e. The van der Waals surface area contributed by atoms with Crippen LogP contribution in [0.2, 0.25) is 0 Å². The molecule has 0 heterocycles. The van der Waals surface area contributed by atoms with Gasteiger partial charge in [-0.1, -0.05) is 31.0 Å². The number of carbonyl (C=O) groups is 1. The van der Waals surface area contributed by atoms with E-state index in [1.54, 1.807) is 0 Å². The van der Waals surface area contributed by atoms with Crippen molar-refractivity contribution >= 4 is 11.5 Å². The lowest BCUT2D eigenvalue weighted by Gasteiger charge is -2.18. The summed E-state index contributed by atoms with van der Waals surface area (Å²) in [5.41, 5.74) is 2.11. The Morgan fingerprint density at radius 2 is 1.67 bits per heavy atom. The summed E-state index contributed by atoms with van der Waals surface area (Å²) in [6.07, 6.45) is 8.30. The predicted octanol–water partition coefficient (Wildman–Crippen LogP) is 3.93. The molecule has 0 saturated heterocycles. The number of carbonyl (C=O) groups excluding carboxylic acids is 1. The molecule has 1 aromatic rings. The lowest BCUT2D eigenvalue weighted by molar-refractivity contribution is -0.116. The minimum absolute atomic E-state index is 0.331. The van der Waals surface area contributed by atoms with E-state index in [0.29, 0.717) is 12.2 Å². The van der Waals surface area contributed by atoms with E-state index in [1.807, 2.05) is 31.4 Å². The summed E-state index contributed by atoms with van der Waals surface area (Å²) in [5, 5.41) is 0. The second-order valence-corrected chi connectivity index (χ2v) is 4.94. The third-order valence-electron chi connectivity index (χ3n) is 3.47. The van der Waals surface area contributed by atoms with E-state index >= 15 is 0 Å². The highest BCUT2D eigenvalue weighted by atomic mass is 16.1. The van der Waals surface area contributed by atoms with Gasteiger partial charge in [0.15, 0.2) is 5.78 Å². The van der Waals surface area contributed by atoms with Crippen LogP contribution in [0.3, 0.4) is 0 Å². The van der Waals surface area contributed by atoms with Crippen LogP contribution in [-0.4, -0.2) is 12.8 Å². The van der Waals surface area contributed by atoms with Crippen molar-refractivity contribution in [3.05, 3.63) is 42.1 Å². The molecule has 1 aromatic carbocycles. The molecule has 2 heteroatoms. The maximum atomic E-state index is 12.0. The first-order valence-electron chi connectivity index (χ1n) is 6.79. The lowest BCUT2D eigenvalue weighted by Crippen LogP contribution is -2.14. The fourth-order valence-electron chi connectivity index (χ4n) is 2.36. The molecule has 0 radical (unpaired) electrons. The minimum atomic E-state index is 0.331. The van der Waals surface area contributed by atoms with Gasteiger partial charge in [0.1, 0.15) is 0 Å². The van der Waals surface area contributed by atoms with Crippen LogP contribution in [0.5, 0.6) is 0 Å². The lowest BCUT2D eigenvalue weighted by atomic mass is 9.95. The Morgan fingerprint density at radius 1 is 1.00 bits per heavy atom. The number of ketones is 1. The highest BCUT2D eigenvalue weighted by Gasteiger charge is 2.13. The fourth-order valence-corrected chi connectivity index (χ4v) is 2.36. The first-order valence-corrected chi connectivity index (χ1v) is 6.79. The van der Waals surface area contributed by atoms with Crippen molar-refractivity contribution < 1.29 is 4.79 Å². The van der Waals surface area contributed by atoms with Crippen LogP contribution in [0, 0.1) is 0 Å². The molecular formula is C16H21NO. The molecule has 0 N–H and O–H groups in total. The second-order valence-electron chi connectivity index (χ2n) is 4.94. The van der Waals surface area contributed by atoms with Crippen molar-refractivity contribution in [3.63, 3.8) is 0 Å². The maximum absolute atomic E-state index is 12.0.